The lowest BCUT2D eigenvalue weighted by molar-refractivity contribution is 0.134. The molecule has 0 aliphatic carbocycles. The molecule has 108 valence electrons. The molecule has 2 aromatic rings. The maximum Gasteiger partial charge on any atom is 0.189 e. The van der Waals surface area contributed by atoms with E-state index in [4.69, 9.17) is 15.2 Å². The van der Waals surface area contributed by atoms with Crippen molar-refractivity contribution in [2.24, 2.45) is 10.7 Å². The number of para-hydroxylation sites is 2. The van der Waals surface area contributed by atoms with Gasteiger partial charge in [0.25, 0.3) is 0 Å². The normalized spacial score (nSPS) is 17.5. The molecule has 1 unspecified atom stereocenters. The quantitative estimate of drug-likeness (QED) is 0.692. The molecule has 2 N–H and O–H groups in total. The summed E-state index contributed by atoms with van der Waals surface area (Å²) in [6, 6.07) is 17.8. The summed E-state index contributed by atoms with van der Waals surface area (Å²) < 4.78 is 11.5. The van der Waals surface area contributed by atoms with Gasteiger partial charge in [0.05, 0.1) is 0 Å². The molecule has 1 atom stereocenters. The summed E-state index contributed by atoms with van der Waals surface area (Å²) in [7, 11) is 0. The smallest absolute Gasteiger partial charge is 0.189 e. The third kappa shape index (κ3) is 3.34. The van der Waals surface area contributed by atoms with Crippen molar-refractivity contribution in [1.29, 1.82) is 0 Å². The minimum absolute atomic E-state index is 0.310. The molecule has 1 heterocycles. The Balaban J connectivity index is 1.58. The molecule has 0 aromatic heterocycles. The molecule has 0 saturated carbocycles. The van der Waals surface area contributed by atoms with Gasteiger partial charge in [0, 0.05) is 6.54 Å². The van der Waals surface area contributed by atoms with E-state index < -0.39 is 0 Å². The number of hydrogen-bond acceptors (Lipinski definition) is 3. The predicted molar refractivity (Wildman–Crippen MR) is 83.0 cm³/mol. The van der Waals surface area contributed by atoms with E-state index >= 15 is 0 Å². The molecule has 0 spiro atoms. The third-order valence-corrected chi connectivity index (χ3v) is 3.38. The van der Waals surface area contributed by atoms with Gasteiger partial charge in [-0.3, -0.25) is 4.99 Å². The van der Waals surface area contributed by atoms with Crippen molar-refractivity contribution in [3.05, 3.63) is 60.2 Å². The highest BCUT2D eigenvalue weighted by molar-refractivity contribution is 5.85. The molecule has 2 aromatic carbocycles. The van der Waals surface area contributed by atoms with Gasteiger partial charge in [-0.1, -0.05) is 42.5 Å². The summed E-state index contributed by atoms with van der Waals surface area (Å²) in [5, 5.41) is 0. The summed E-state index contributed by atoms with van der Waals surface area (Å²) in [6.45, 7) is 1.05. The minimum Gasteiger partial charge on any atom is -0.485 e. The molecule has 0 saturated heterocycles. The molecule has 1 aliphatic rings. The van der Waals surface area contributed by atoms with Crippen LogP contribution in [0.4, 0.5) is 0 Å². The van der Waals surface area contributed by atoms with E-state index in [0.717, 1.165) is 17.9 Å². The first-order chi connectivity index (χ1) is 10.3. The van der Waals surface area contributed by atoms with E-state index in [9.17, 15) is 0 Å². The molecule has 3 rings (SSSR count). The Hall–Kier alpha value is -2.49. The first-order valence-electron chi connectivity index (χ1n) is 7.05. The van der Waals surface area contributed by atoms with Crippen LogP contribution in [-0.4, -0.2) is 25.1 Å². The zero-order valence-electron chi connectivity index (χ0n) is 11.7. The highest BCUT2D eigenvalue weighted by atomic mass is 16.6. The standard InChI is InChI=1S/C17H18N2O2/c18-17(19-11-10-13-6-2-1-3-7-13)16-12-20-14-8-4-5-9-15(14)21-16/h1-9,16H,10-12H2,(H2,18,19). The Morgan fingerprint density at radius 2 is 1.76 bits per heavy atom. The second-order valence-electron chi connectivity index (χ2n) is 4.91. The molecule has 0 bridgehead atoms. The highest BCUT2D eigenvalue weighted by Gasteiger charge is 2.23. The summed E-state index contributed by atoms with van der Waals surface area (Å²) in [6.07, 6.45) is 0.557. The third-order valence-electron chi connectivity index (χ3n) is 3.38. The lowest BCUT2D eigenvalue weighted by Gasteiger charge is -2.25. The monoisotopic (exact) mass is 282 g/mol. The van der Waals surface area contributed by atoms with Gasteiger partial charge in [-0.25, -0.2) is 0 Å². The fraction of sp³-hybridized carbons (Fsp3) is 0.235. The van der Waals surface area contributed by atoms with Crippen LogP contribution >= 0.6 is 0 Å². The van der Waals surface area contributed by atoms with E-state index in [1.807, 2.05) is 42.5 Å². The van der Waals surface area contributed by atoms with Crippen LogP contribution in [-0.2, 0) is 6.42 Å². The number of nitrogens with zero attached hydrogens (tertiary/aromatic N) is 1. The van der Waals surface area contributed by atoms with E-state index in [0.29, 0.717) is 19.0 Å². The Morgan fingerprint density at radius 3 is 2.57 bits per heavy atom. The Morgan fingerprint density at radius 1 is 1.05 bits per heavy atom. The van der Waals surface area contributed by atoms with Crippen LogP contribution in [0.15, 0.2) is 59.6 Å². The molecule has 21 heavy (non-hydrogen) atoms. The molecule has 4 nitrogen and oxygen atoms in total. The first-order valence-corrected chi connectivity index (χ1v) is 7.05. The molecular weight excluding hydrogens is 264 g/mol. The molecule has 1 aliphatic heterocycles. The fourth-order valence-corrected chi connectivity index (χ4v) is 2.23. The van der Waals surface area contributed by atoms with Crippen LogP contribution in [0.25, 0.3) is 0 Å². The lowest BCUT2D eigenvalue weighted by atomic mass is 10.1. The Labute approximate surface area is 124 Å². The van der Waals surface area contributed by atoms with Crippen LogP contribution in [0.3, 0.4) is 0 Å². The lowest BCUT2D eigenvalue weighted by Crippen LogP contribution is -2.41. The second kappa shape index (κ2) is 6.31. The van der Waals surface area contributed by atoms with Gasteiger partial charge >= 0.3 is 0 Å². The van der Waals surface area contributed by atoms with Gasteiger partial charge in [0.15, 0.2) is 17.6 Å². The van der Waals surface area contributed by atoms with Gasteiger partial charge in [0.2, 0.25) is 0 Å². The SMILES string of the molecule is NC(=NCCc1ccccc1)C1COc2ccccc2O1. The Bertz CT molecular complexity index is 626. The number of hydrogen-bond donors (Lipinski definition) is 1. The molecule has 4 heteroatoms. The number of aliphatic imine (C=N–C) groups is 1. The van der Waals surface area contributed by atoms with Gasteiger partial charge in [-0.15, -0.1) is 0 Å². The van der Waals surface area contributed by atoms with E-state index in [1.165, 1.54) is 5.56 Å². The summed E-state index contributed by atoms with van der Waals surface area (Å²) in [5.41, 5.74) is 7.26. The number of amidine groups is 1. The van der Waals surface area contributed by atoms with Gasteiger partial charge in [0.1, 0.15) is 12.4 Å². The predicted octanol–water partition coefficient (Wildman–Crippen LogP) is 2.43. The summed E-state index contributed by atoms with van der Waals surface area (Å²) >= 11 is 0. The second-order valence-corrected chi connectivity index (χ2v) is 4.91. The van der Waals surface area contributed by atoms with Crippen LogP contribution in [0.5, 0.6) is 11.5 Å². The average Bonchev–Trinajstić information content (AvgIpc) is 2.55. The number of fused-ring (bicyclic) bond motifs is 1. The Kier molecular flexibility index (Phi) is 4.05. The van der Waals surface area contributed by atoms with Gasteiger partial charge < -0.3 is 15.2 Å². The van der Waals surface area contributed by atoms with Crippen LogP contribution in [0, 0.1) is 0 Å². The fourth-order valence-electron chi connectivity index (χ4n) is 2.23. The first kappa shape index (κ1) is 13.5. The van der Waals surface area contributed by atoms with Crippen molar-refractivity contribution in [2.45, 2.75) is 12.5 Å². The molecule has 0 fully saturated rings. The van der Waals surface area contributed by atoms with Crippen molar-refractivity contribution in [2.75, 3.05) is 13.2 Å². The van der Waals surface area contributed by atoms with Gasteiger partial charge in [-0.05, 0) is 24.1 Å². The van der Waals surface area contributed by atoms with Crippen LogP contribution < -0.4 is 15.2 Å². The van der Waals surface area contributed by atoms with Crippen molar-refractivity contribution < 1.29 is 9.47 Å². The van der Waals surface area contributed by atoms with Gasteiger partial charge in [-0.2, -0.15) is 0 Å². The zero-order valence-corrected chi connectivity index (χ0v) is 11.7. The summed E-state index contributed by atoms with van der Waals surface area (Å²) in [5.74, 6) is 1.96. The minimum atomic E-state index is -0.310. The largest absolute Gasteiger partial charge is 0.485 e. The molecule has 0 amide bonds. The average molecular weight is 282 g/mol. The van der Waals surface area contributed by atoms with Crippen molar-refractivity contribution in [3.63, 3.8) is 0 Å². The number of benzene rings is 2. The number of ether oxygens (including phenoxy) is 2. The number of rotatable bonds is 4. The van der Waals surface area contributed by atoms with E-state index in [1.54, 1.807) is 0 Å². The number of nitrogens with two attached hydrogens (primary N) is 1. The van der Waals surface area contributed by atoms with Crippen LogP contribution in [0.1, 0.15) is 5.56 Å². The van der Waals surface area contributed by atoms with E-state index in [2.05, 4.69) is 17.1 Å². The van der Waals surface area contributed by atoms with Crippen molar-refractivity contribution in [3.8, 4) is 11.5 Å². The summed E-state index contributed by atoms with van der Waals surface area (Å²) in [4.78, 5) is 4.41. The maximum atomic E-state index is 6.01. The zero-order chi connectivity index (χ0) is 14.5. The molecule has 0 radical (unpaired) electrons. The maximum absolute atomic E-state index is 6.01. The highest BCUT2D eigenvalue weighted by Crippen LogP contribution is 2.30. The van der Waals surface area contributed by atoms with Crippen molar-refractivity contribution in [1.82, 2.24) is 0 Å². The topological polar surface area (TPSA) is 56.8 Å². The van der Waals surface area contributed by atoms with Crippen molar-refractivity contribution >= 4 is 5.84 Å². The van der Waals surface area contributed by atoms with Crippen LogP contribution in [0.2, 0.25) is 0 Å². The molecular formula is C17H18N2O2. The van der Waals surface area contributed by atoms with E-state index in [-0.39, 0.29) is 6.10 Å².